The summed E-state index contributed by atoms with van der Waals surface area (Å²) in [6.45, 7) is 0. The van der Waals surface area contributed by atoms with Crippen LogP contribution in [0.5, 0.6) is 0 Å². The van der Waals surface area contributed by atoms with Crippen LogP contribution >= 0.6 is 0 Å². The summed E-state index contributed by atoms with van der Waals surface area (Å²) in [5.74, 6) is -1.73. The summed E-state index contributed by atoms with van der Waals surface area (Å²) in [5, 5.41) is 17.0. The number of benzene rings is 2. The molecule has 0 aliphatic carbocycles. The predicted molar refractivity (Wildman–Crippen MR) is 103 cm³/mol. The molecule has 27 heavy (non-hydrogen) atoms. The molecule has 2 aromatic carbocycles. The Kier molecular flexibility index (Phi) is 7.99. The Morgan fingerprint density at radius 1 is 0.815 bits per heavy atom. The normalized spacial score (nSPS) is 10.5. The number of hydrogen-bond acceptors (Lipinski definition) is 5. The minimum atomic E-state index is -3.20. The zero-order valence-corrected chi connectivity index (χ0v) is 16.2. The molecule has 0 aliphatic rings. The van der Waals surface area contributed by atoms with Crippen LogP contribution in [0.2, 0.25) is 0 Å². The number of nitrogens with zero attached hydrogens (tertiary/aromatic N) is 1. The van der Waals surface area contributed by atoms with Crippen LogP contribution in [0.3, 0.4) is 0 Å². The molecule has 0 spiro atoms. The molecule has 0 atom stereocenters. The highest BCUT2D eigenvalue weighted by atomic mass is 32.2. The van der Waals surface area contributed by atoms with E-state index in [1.807, 2.05) is 43.3 Å². The van der Waals surface area contributed by atoms with Crippen molar-refractivity contribution in [1.29, 1.82) is 0 Å². The molecule has 0 heterocycles. The van der Waals surface area contributed by atoms with Gasteiger partial charge in [0.05, 0.1) is 17.7 Å². The van der Waals surface area contributed by atoms with Crippen molar-refractivity contribution < 1.29 is 28.2 Å². The Morgan fingerprint density at radius 2 is 1.19 bits per heavy atom. The molecule has 0 amide bonds. The number of sulfone groups is 1. The van der Waals surface area contributed by atoms with Crippen LogP contribution in [0.1, 0.15) is 11.1 Å². The summed E-state index contributed by atoms with van der Waals surface area (Å²) < 4.78 is 22.1. The largest absolute Gasteiger partial charge is 0.481 e. The van der Waals surface area contributed by atoms with Crippen molar-refractivity contribution in [1.82, 2.24) is 0 Å². The standard InChI is InChI=1S/C10H13NO2.C9H10O4S/c1-11(2)9-5-3-8(4-6-9)7-10(12)13;1-14(12,13)8-4-2-7(3-5-8)6-9(10)11/h3-6H,7H2,1-2H3,(H,12,13);2-5H,6H2,1H3,(H,10,11). The van der Waals surface area contributed by atoms with Gasteiger partial charge in [0.1, 0.15) is 0 Å². The number of rotatable bonds is 6. The fourth-order valence-electron chi connectivity index (χ4n) is 2.12. The van der Waals surface area contributed by atoms with Crippen LogP contribution in [-0.4, -0.2) is 50.9 Å². The predicted octanol–water partition coefficient (Wildman–Crippen LogP) is 2.10. The second-order valence-corrected chi connectivity index (χ2v) is 8.13. The molecule has 2 N–H and O–H groups in total. The van der Waals surface area contributed by atoms with Crippen molar-refractivity contribution in [2.24, 2.45) is 0 Å². The van der Waals surface area contributed by atoms with Gasteiger partial charge < -0.3 is 15.1 Å². The topological polar surface area (TPSA) is 112 Å². The molecule has 0 unspecified atom stereocenters. The first-order chi connectivity index (χ1) is 12.5. The van der Waals surface area contributed by atoms with E-state index in [2.05, 4.69) is 0 Å². The van der Waals surface area contributed by atoms with Gasteiger partial charge in [0, 0.05) is 26.0 Å². The molecular weight excluding hydrogens is 370 g/mol. The van der Waals surface area contributed by atoms with E-state index in [-0.39, 0.29) is 17.7 Å². The first kappa shape index (κ1) is 22.2. The van der Waals surface area contributed by atoms with E-state index in [9.17, 15) is 18.0 Å². The van der Waals surface area contributed by atoms with Gasteiger partial charge in [-0.1, -0.05) is 24.3 Å². The van der Waals surface area contributed by atoms with Crippen molar-refractivity contribution in [2.75, 3.05) is 25.3 Å². The summed E-state index contributed by atoms with van der Waals surface area (Å²) in [6.07, 6.45) is 1.11. The summed E-state index contributed by atoms with van der Waals surface area (Å²) in [6, 6.07) is 13.3. The van der Waals surface area contributed by atoms with Gasteiger partial charge in [-0.05, 0) is 35.4 Å². The molecule has 8 heteroatoms. The van der Waals surface area contributed by atoms with Crippen molar-refractivity contribution >= 4 is 27.5 Å². The second-order valence-electron chi connectivity index (χ2n) is 6.12. The lowest BCUT2D eigenvalue weighted by Crippen LogP contribution is -2.08. The van der Waals surface area contributed by atoms with Crippen LogP contribution in [0.15, 0.2) is 53.4 Å². The van der Waals surface area contributed by atoms with Gasteiger partial charge in [-0.3, -0.25) is 9.59 Å². The molecule has 0 saturated heterocycles. The van der Waals surface area contributed by atoms with Gasteiger partial charge in [0.2, 0.25) is 0 Å². The first-order valence-corrected chi connectivity index (χ1v) is 9.87. The number of aliphatic carboxylic acids is 2. The van der Waals surface area contributed by atoms with Crippen LogP contribution in [-0.2, 0) is 32.3 Å². The molecule has 0 aromatic heterocycles. The Morgan fingerprint density at radius 3 is 1.48 bits per heavy atom. The molecule has 0 fully saturated rings. The zero-order chi connectivity index (χ0) is 20.6. The minimum Gasteiger partial charge on any atom is -0.481 e. The molecule has 2 rings (SSSR count). The molecule has 146 valence electrons. The highest BCUT2D eigenvalue weighted by Crippen LogP contribution is 2.12. The fourth-order valence-corrected chi connectivity index (χ4v) is 2.75. The Bertz CT molecular complexity index is 871. The maximum absolute atomic E-state index is 11.1. The monoisotopic (exact) mass is 393 g/mol. The highest BCUT2D eigenvalue weighted by molar-refractivity contribution is 7.90. The van der Waals surface area contributed by atoms with E-state index in [4.69, 9.17) is 10.2 Å². The van der Waals surface area contributed by atoms with E-state index in [0.29, 0.717) is 5.56 Å². The zero-order valence-electron chi connectivity index (χ0n) is 15.4. The molecular formula is C19H23NO6S. The SMILES string of the molecule is CN(C)c1ccc(CC(=O)O)cc1.CS(=O)(=O)c1ccc(CC(=O)O)cc1. The maximum atomic E-state index is 11.1. The average molecular weight is 393 g/mol. The first-order valence-electron chi connectivity index (χ1n) is 7.98. The second kappa shape index (κ2) is 9.72. The van der Waals surface area contributed by atoms with Crippen LogP contribution in [0.25, 0.3) is 0 Å². The molecule has 0 aliphatic heterocycles. The van der Waals surface area contributed by atoms with Crippen LogP contribution in [0, 0.1) is 0 Å². The Labute approximate surface area is 158 Å². The number of carbonyl (C=O) groups is 2. The summed E-state index contributed by atoms with van der Waals surface area (Å²) in [4.78, 5) is 22.9. The summed E-state index contributed by atoms with van der Waals surface area (Å²) >= 11 is 0. The fraction of sp³-hybridized carbons (Fsp3) is 0.263. The number of hydrogen-bond donors (Lipinski definition) is 2. The third-order valence-electron chi connectivity index (χ3n) is 3.51. The van der Waals surface area contributed by atoms with Gasteiger partial charge >= 0.3 is 11.9 Å². The van der Waals surface area contributed by atoms with Crippen molar-refractivity contribution in [3.63, 3.8) is 0 Å². The van der Waals surface area contributed by atoms with Crippen molar-refractivity contribution in [2.45, 2.75) is 17.7 Å². The quantitative estimate of drug-likeness (QED) is 0.773. The maximum Gasteiger partial charge on any atom is 0.307 e. The molecule has 0 bridgehead atoms. The van der Waals surface area contributed by atoms with E-state index in [1.54, 1.807) is 0 Å². The molecule has 0 radical (unpaired) electrons. The van der Waals surface area contributed by atoms with E-state index in [0.717, 1.165) is 17.5 Å². The number of carboxylic acid groups (broad SMARTS) is 2. The summed E-state index contributed by atoms with van der Waals surface area (Å²) in [7, 11) is 0.706. The van der Waals surface area contributed by atoms with E-state index >= 15 is 0 Å². The van der Waals surface area contributed by atoms with Crippen molar-refractivity contribution in [3.05, 3.63) is 59.7 Å². The van der Waals surface area contributed by atoms with Gasteiger partial charge in [-0.15, -0.1) is 0 Å². The summed E-state index contributed by atoms with van der Waals surface area (Å²) in [5.41, 5.74) is 2.50. The molecule has 2 aromatic rings. The average Bonchev–Trinajstić information content (AvgIpc) is 2.54. The number of carboxylic acids is 2. The van der Waals surface area contributed by atoms with Gasteiger partial charge in [0.15, 0.2) is 9.84 Å². The smallest absolute Gasteiger partial charge is 0.307 e. The highest BCUT2D eigenvalue weighted by Gasteiger charge is 2.07. The molecule has 7 nitrogen and oxygen atoms in total. The van der Waals surface area contributed by atoms with Gasteiger partial charge in [-0.2, -0.15) is 0 Å². The Balaban J connectivity index is 0.000000271. The Hall–Kier alpha value is -2.87. The number of anilines is 1. The van der Waals surface area contributed by atoms with Crippen LogP contribution in [0.4, 0.5) is 5.69 Å². The molecule has 0 saturated carbocycles. The minimum absolute atomic E-state index is 0.0910. The van der Waals surface area contributed by atoms with Crippen LogP contribution < -0.4 is 4.90 Å². The lowest BCUT2D eigenvalue weighted by Gasteiger charge is -2.12. The lowest BCUT2D eigenvalue weighted by molar-refractivity contribution is -0.137. The third-order valence-corrected chi connectivity index (χ3v) is 4.64. The van der Waals surface area contributed by atoms with Crippen molar-refractivity contribution in [3.8, 4) is 0 Å². The van der Waals surface area contributed by atoms with E-state index in [1.165, 1.54) is 24.3 Å². The van der Waals surface area contributed by atoms with E-state index < -0.39 is 21.8 Å². The third kappa shape index (κ3) is 8.37. The van der Waals surface area contributed by atoms with Gasteiger partial charge in [0.25, 0.3) is 0 Å². The lowest BCUT2D eigenvalue weighted by atomic mass is 10.1. The van der Waals surface area contributed by atoms with Gasteiger partial charge in [-0.25, -0.2) is 8.42 Å².